The quantitative estimate of drug-likeness (QED) is 0.484. The Kier molecular flexibility index (Phi) is 5.40. The lowest BCUT2D eigenvalue weighted by Gasteiger charge is -2.36. The highest BCUT2D eigenvalue weighted by Crippen LogP contribution is 2.28. The predicted octanol–water partition coefficient (Wildman–Crippen LogP) is 3.96. The molecule has 0 spiro atoms. The molecule has 2 aromatic carbocycles. The zero-order valence-corrected chi connectivity index (χ0v) is 16.3. The number of benzene rings is 2. The number of aryl methyl sites for hydroxylation is 1. The lowest BCUT2D eigenvalue weighted by Crippen LogP contribution is -2.47. The van der Waals surface area contributed by atoms with Crippen molar-refractivity contribution in [1.29, 1.82) is 0 Å². The van der Waals surface area contributed by atoms with Crippen LogP contribution in [0.3, 0.4) is 0 Å². The molecular formula is C22H23FN4O2. The number of nitro groups is 1. The number of hydrogen-bond donors (Lipinski definition) is 0. The molecule has 1 saturated heterocycles. The topological polar surface area (TPSA) is 62.5 Å². The maximum atomic E-state index is 14.1. The second kappa shape index (κ2) is 8.13. The molecule has 4 rings (SSSR count). The largest absolute Gasteiger partial charge is 0.368 e. The number of piperazine rings is 1. The van der Waals surface area contributed by atoms with Crippen molar-refractivity contribution in [2.75, 3.05) is 37.6 Å². The van der Waals surface area contributed by atoms with Crippen molar-refractivity contribution in [2.24, 2.45) is 0 Å². The molecule has 2 heterocycles. The zero-order chi connectivity index (χ0) is 20.4. The number of hydrogen-bond acceptors (Lipinski definition) is 5. The van der Waals surface area contributed by atoms with Crippen LogP contribution in [0, 0.1) is 22.9 Å². The van der Waals surface area contributed by atoms with Gasteiger partial charge >= 0.3 is 0 Å². The first-order chi connectivity index (χ1) is 14.0. The Morgan fingerprint density at radius 2 is 1.90 bits per heavy atom. The number of halogens is 1. The van der Waals surface area contributed by atoms with E-state index in [4.69, 9.17) is 0 Å². The highest BCUT2D eigenvalue weighted by Gasteiger charge is 2.20. The van der Waals surface area contributed by atoms with Gasteiger partial charge in [0.25, 0.3) is 5.69 Å². The Bertz CT molecular complexity index is 1040. The molecule has 0 aliphatic carbocycles. The first-order valence-electron chi connectivity index (χ1n) is 9.77. The number of anilines is 1. The van der Waals surface area contributed by atoms with E-state index in [0.29, 0.717) is 5.52 Å². The number of non-ortho nitro benzene ring substituents is 1. The van der Waals surface area contributed by atoms with E-state index in [0.717, 1.165) is 61.5 Å². The molecule has 0 bridgehead atoms. The third-order valence-corrected chi connectivity index (χ3v) is 5.44. The van der Waals surface area contributed by atoms with Crippen LogP contribution < -0.4 is 4.90 Å². The fraction of sp³-hybridized carbons (Fsp3) is 0.318. The molecule has 150 valence electrons. The molecule has 0 amide bonds. The second-order valence-corrected chi connectivity index (χ2v) is 7.45. The maximum absolute atomic E-state index is 14.1. The minimum absolute atomic E-state index is 0.133. The van der Waals surface area contributed by atoms with E-state index in [-0.39, 0.29) is 16.4 Å². The molecular weight excluding hydrogens is 371 g/mol. The number of aromatic nitrogens is 1. The molecule has 3 aromatic rings. The average molecular weight is 394 g/mol. The van der Waals surface area contributed by atoms with E-state index in [9.17, 15) is 14.5 Å². The minimum Gasteiger partial charge on any atom is -0.368 e. The van der Waals surface area contributed by atoms with Crippen molar-refractivity contribution >= 4 is 22.3 Å². The zero-order valence-electron chi connectivity index (χ0n) is 16.3. The monoisotopic (exact) mass is 394 g/mol. The summed E-state index contributed by atoms with van der Waals surface area (Å²) in [4.78, 5) is 19.6. The minimum atomic E-state index is -0.359. The van der Waals surface area contributed by atoms with Crippen molar-refractivity contribution in [3.05, 3.63) is 75.7 Å². The van der Waals surface area contributed by atoms with Crippen LogP contribution >= 0.6 is 0 Å². The molecule has 0 unspecified atom stereocenters. The second-order valence-electron chi connectivity index (χ2n) is 7.45. The summed E-state index contributed by atoms with van der Waals surface area (Å²) in [5.41, 5.74) is 3.56. The van der Waals surface area contributed by atoms with Gasteiger partial charge in [0, 0.05) is 67.7 Å². The Labute approximate surface area is 168 Å². The lowest BCUT2D eigenvalue weighted by atomic mass is 10.1. The van der Waals surface area contributed by atoms with Gasteiger partial charge in [0.05, 0.1) is 10.4 Å². The Hall–Kier alpha value is -3.06. The van der Waals surface area contributed by atoms with E-state index in [1.807, 2.05) is 25.1 Å². The number of fused-ring (bicyclic) bond motifs is 1. The van der Waals surface area contributed by atoms with Crippen LogP contribution in [0.15, 0.2) is 48.5 Å². The fourth-order valence-corrected chi connectivity index (χ4v) is 3.87. The highest BCUT2D eigenvalue weighted by atomic mass is 19.1. The molecule has 0 N–H and O–H groups in total. The van der Waals surface area contributed by atoms with Crippen LogP contribution in [0.1, 0.15) is 11.3 Å². The van der Waals surface area contributed by atoms with E-state index in [1.54, 1.807) is 18.2 Å². The van der Waals surface area contributed by atoms with Gasteiger partial charge in [-0.15, -0.1) is 0 Å². The summed E-state index contributed by atoms with van der Waals surface area (Å²) in [6.07, 6.45) is 0.772. The third kappa shape index (κ3) is 4.35. The molecule has 6 nitrogen and oxygen atoms in total. The van der Waals surface area contributed by atoms with Crippen molar-refractivity contribution < 1.29 is 9.31 Å². The molecule has 0 saturated carbocycles. The standard InChI is InChI=1S/C22H23FN4O2/c1-16-5-6-20-21(24-16)14-18(23)15-22(20)26-11-9-25(10-12-26)8-7-17-3-2-4-19(13-17)27(28)29/h2-6,13-15H,7-12H2,1H3. The van der Waals surface area contributed by atoms with Gasteiger partial charge in [-0.25, -0.2) is 4.39 Å². The molecule has 29 heavy (non-hydrogen) atoms. The number of pyridine rings is 1. The van der Waals surface area contributed by atoms with E-state index >= 15 is 0 Å². The summed E-state index contributed by atoms with van der Waals surface area (Å²) in [5, 5.41) is 11.9. The van der Waals surface area contributed by atoms with Crippen molar-refractivity contribution in [3.8, 4) is 0 Å². The summed E-state index contributed by atoms with van der Waals surface area (Å²) in [6.45, 7) is 6.10. The van der Waals surface area contributed by atoms with Crippen LogP contribution in [-0.4, -0.2) is 47.5 Å². The Balaban J connectivity index is 1.40. The number of nitro benzene ring substituents is 1. The van der Waals surface area contributed by atoms with Gasteiger partial charge in [-0.05, 0) is 37.1 Å². The van der Waals surface area contributed by atoms with Crippen LogP contribution in [-0.2, 0) is 6.42 Å². The van der Waals surface area contributed by atoms with Gasteiger partial charge < -0.3 is 4.90 Å². The van der Waals surface area contributed by atoms with Crippen LogP contribution in [0.5, 0.6) is 0 Å². The Morgan fingerprint density at radius 1 is 1.10 bits per heavy atom. The summed E-state index contributed by atoms with van der Waals surface area (Å²) in [7, 11) is 0. The van der Waals surface area contributed by atoms with Crippen molar-refractivity contribution in [2.45, 2.75) is 13.3 Å². The average Bonchev–Trinajstić information content (AvgIpc) is 2.72. The van der Waals surface area contributed by atoms with Gasteiger partial charge in [0.2, 0.25) is 0 Å². The predicted molar refractivity (Wildman–Crippen MR) is 112 cm³/mol. The number of nitrogens with zero attached hydrogens (tertiary/aromatic N) is 4. The normalized spacial score (nSPS) is 15.0. The molecule has 1 aliphatic rings. The van der Waals surface area contributed by atoms with Gasteiger partial charge in [0.15, 0.2) is 0 Å². The van der Waals surface area contributed by atoms with Crippen LogP contribution in [0.4, 0.5) is 15.8 Å². The first-order valence-corrected chi connectivity index (χ1v) is 9.77. The van der Waals surface area contributed by atoms with Crippen LogP contribution in [0.25, 0.3) is 10.9 Å². The van der Waals surface area contributed by atoms with Crippen molar-refractivity contribution in [3.63, 3.8) is 0 Å². The lowest BCUT2D eigenvalue weighted by molar-refractivity contribution is -0.384. The summed E-state index contributed by atoms with van der Waals surface area (Å²) >= 11 is 0. The molecule has 7 heteroatoms. The van der Waals surface area contributed by atoms with Gasteiger partial charge in [-0.3, -0.25) is 20.0 Å². The maximum Gasteiger partial charge on any atom is 0.269 e. The summed E-state index contributed by atoms with van der Waals surface area (Å²) in [5.74, 6) is -0.265. The molecule has 1 aromatic heterocycles. The van der Waals surface area contributed by atoms with Gasteiger partial charge in [-0.2, -0.15) is 0 Å². The van der Waals surface area contributed by atoms with Gasteiger partial charge in [-0.1, -0.05) is 12.1 Å². The van der Waals surface area contributed by atoms with Crippen molar-refractivity contribution in [1.82, 2.24) is 9.88 Å². The number of rotatable bonds is 5. The molecule has 0 atom stereocenters. The third-order valence-electron chi connectivity index (χ3n) is 5.44. The smallest absolute Gasteiger partial charge is 0.269 e. The SMILES string of the molecule is Cc1ccc2c(N3CCN(CCc4cccc([N+](=O)[O-])c4)CC3)cc(F)cc2n1. The summed E-state index contributed by atoms with van der Waals surface area (Å²) in [6, 6.07) is 13.9. The fourth-order valence-electron chi connectivity index (χ4n) is 3.87. The molecule has 0 radical (unpaired) electrons. The Morgan fingerprint density at radius 3 is 2.66 bits per heavy atom. The van der Waals surface area contributed by atoms with Crippen LogP contribution in [0.2, 0.25) is 0 Å². The van der Waals surface area contributed by atoms with E-state index in [1.165, 1.54) is 12.1 Å². The van der Waals surface area contributed by atoms with Gasteiger partial charge in [0.1, 0.15) is 5.82 Å². The van der Waals surface area contributed by atoms with E-state index in [2.05, 4.69) is 14.8 Å². The molecule has 1 aliphatic heterocycles. The first kappa shape index (κ1) is 19.3. The molecule has 1 fully saturated rings. The highest BCUT2D eigenvalue weighted by molar-refractivity contribution is 5.92. The van der Waals surface area contributed by atoms with E-state index < -0.39 is 0 Å². The summed E-state index contributed by atoms with van der Waals surface area (Å²) < 4.78 is 14.1.